The highest BCUT2D eigenvalue weighted by Crippen LogP contribution is 2.40. The highest BCUT2D eigenvalue weighted by Gasteiger charge is 2.27. The van der Waals surface area contributed by atoms with Crippen molar-refractivity contribution in [2.75, 3.05) is 13.1 Å². The number of rotatable bonds is 4. The van der Waals surface area contributed by atoms with E-state index in [1.807, 2.05) is 0 Å². The maximum atomic E-state index is 11.6. The molecule has 0 atom stereocenters. The average molecular weight is 237 g/mol. The molecule has 1 amide bonds. The zero-order valence-electron chi connectivity index (χ0n) is 9.03. The fourth-order valence-electron chi connectivity index (χ4n) is 1.75. The molecule has 1 aromatic rings. The van der Waals surface area contributed by atoms with Crippen LogP contribution in [0.1, 0.15) is 29.5 Å². The molecule has 2 N–H and O–H groups in total. The summed E-state index contributed by atoms with van der Waals surface area (Å²) < 4.78 is 0. The van der Waals surface area contributed by atoms with Crippen LogP contribution in [-0.2, 0) is 11.3 Å². The Morgan fingerprint density at radius 2 is 2.38 bits per heavy atom. The van der Waals surface area contributed by atoms with Gasteiger partial charge in [0.15, 0.2) is 0 Å². The number of carbonyl (C=O) groups is 1. The summed E-state index contributed by atoms with van der Waals surface area (Å²) in [5.74, 6) is 1.03. The van der Waals surface area contributed by atoms with Gasteiger partial charge < -0.3 is 10.6 Å². The van der Waals surface area contributed by atoms with Crippen molar-refractivity contribution >= 4 is 17.2 Å². The number of aromatic nitrogens is 1. The molecule has 4 nitrogen and oxygen atoms in total. The number of hydrogen-bond acceptors (Lipinski definition) is 4. The molecular weight excluding hydrogens is 222 g/mol. The Morgan fingerprint density at radius 1 is 1.56 bits per heavy atom. The third kappa shape index (κ3) is 2.10. The molecule has 1 saturated heterocycles. The second-order valence-corrected chi connectivity index (χ2v) is 5.46. The Kier molecular flexibility index (Phi) is 2.65. The van der Waals surface area contributed by atoms with E-state index in [1.54, 1.807) is 11.3 Å². The zero-order valence-corrected chi connectivity index (χ0v) is 9.85. The van der Waals surface area contributed by atoms with E-state index >= 15 is 0 Å². The molecule has 16 heavy (non-hydrogen) atoms. The Hall–Kier alpha value is -0.940. The molecule has 86 valence electrons. The number of carbonyl (C=O) groups excluding carboxylic acids is 1. The van der Waals surface area contributed by atoms with Crippen molar-refractivity contribution < 1.29 is 4.79 Å². The lowest BCUT2D eigenvalue weighted by Gasteiger charge is -2.25. The lowest BCUT2D eigenvalue weighted by Crippen LogP contribution is -2.50. The summed E-state index contributed by atoms with van der Waals surface area (Å²) in [6, 6.07) is 0. The minimum absolute atomic E-state index is 0.155. The van der Waals surface area contributed by atoms with Gasteiger partial charge in [-0.2, -0.15) is 0 Å². The third-order valence-electron chi connectivity index (χ3n) is 3.13. The Balaban J connectivity index is 1.51. The molecule has 2 fully saturated rings. The highest BCUT2D eigenvalue weighted by atomic mass is 32.1. The second kappa shape index (κ2) is 4.14. The van der Waals surface area contributed by atoms with Gasteiger partial charge in [-0.1, -0.05) is 0 Å². The molecule has 0 bridgehead atoms. The molecule has 2 heterocycles. The standard InChI is InChI=1S/C11H15N3OS/c15-11(8-3-12-4-8)13-5-10-14-9(6-16-10)7-1-2-7/h6-8,12H,1-5H2,(H,13,15). The molecule has 1 aliphatic carbocycles. The number of thiazole rings is 1. The molecule has 0 unspecified atom stereocenters. The van der Waals surface area contributed by atoms with Gasteiger partial charge in [0.25, 0.3) is 0 Å². The Morgan fingerprint density at radius 3 is 3.00 bits per heavy atom. The molecule has 5 heteroatoms. The van der Waals surface area contributed by atoms with E-state index in [1.165, 1.54) is 18.5 Å². The summed E-state index contributed by atoms with van der Waals surface area (Å²) in [4.78, 5) is 16.1. The van der Waals surface area contributed by atoms with Gasteiger partial charge in [0.2, 0.25) is 5.91 Å². The van der Waals surface area contributed by atoms with E-state index in [-0.39, 0.29) is 11.8 Å². The van der Waals surface area contributed by atoms with Gasteiger partial charge in [-0.3, -0.25) is 4.79 Å². The van der Waals surface area contributed by atoms with Gasteiger partial charge in [0, 0.05) is 24.4 Å². The monoisotopic (exact) mass is 237 g/mol. The Labute approximate surface area is 98.5 Å². The summed E-state index contributed by atoms with van der Waals surface area (Å²) in [5, 5.41) is 9.20. The molecule has 1 aromatic heterocycles. The van der Waals surface area contributed by atoms with Crippen molar-refractivity contribution in [2.24, 2.45) is 5.92 Å². The zero-order chi connectivity index (χ0) is 11.0. The molecule has 0 aromatic carbocycles. The molecule has 3 rings (SSSR count). The number of amides is 1. The lowest BCUT2D eigenvalue weighted by molar-refractivity contribution is -0.126. The maximum Gasteiger partial charge on any atom is 0.226 e. The van der Waals surface area contributed by atoms with Crippen LogP contribution in [0.25, 0.3) is 0 Å². The Bertz CT molecular complexity index is 396. The van der Waals surface area contributed by atoms with Crippen LogP contribution in [-0.4, -0.2) is 24.0 Å². The van der Waals surface area contributed by atoms with Gasteiger partial charge in [-0.05, 0) is 12.8 Å². The first-order valence-electron chi connectivity index (χ1n) is 5.75. The van der Waals surface area contributed by atoms with Crippen molar-refractivity contribution in [3.8, 4) is 0 Å². The van der Waals surface area contributed by atoms with Gasteiger partial charge in [-0.15, -0.1) is 11.3 Å². The summed E-state index contributed by atoms with van der Waals surface area (Å²) in [7, 11) is 0. The lowest BCUT2D eigenvalue weighted by atomic mass is 10.0. The van der Waals surface area contributed by atoms with Crippen molar-refractivity contribution in [3.63, 3.8) is 0 Å². The fraction of sp³-hybridized carbons (Fsp3) is 0.636. The van der Waals surface area contributed by atoms with Crippen molar-refractivity contribution in [1.29, 1.82) is 0 Å². The summed E-state index contributed by atoms with van der Waals surface area (Å²) in [6.07, 6.45) is 2.56. The van der Waals surface area contributed by atoms with Crippen LogP contribution in [0.5, 0.6) is 0 Å². The van der Waals surface area contributed by atoms with E-state index in [2.05, 4.69) is 21.0 Å². The smallest absolute Gasteiger partial charge is 0.226 e. The van der Waals surface area contributed by atoms with Crippen molar-refractivity contribution in [2.45, 2.75) is 25.3 Å². The minimum atomic E-state index is 0.155. The highest BCUT2D eigenvalue weighted by molar-refractivity contribution is 7.09. The summed E-state index contributed by atoms with van der Waals surface area (Å²) in [5.41, 5.74) is 1.22. The van der Waals surface area contributed by atoms with Crippen LogP contribution in [0.15, 0.2) is 5.38 Å². The average Bonchev–Trinajstić information content (AvgIpc) is 2.93. The van der Waals surface area contributed by atoms with Gasteiger partial charge in [0.05, 0.1) is 18.2 Å². The molecule has 0 radical (unpaired) electrons. The van der Waals surface area contributed by atoms with Crippen LogP contribution >= 0.6 is 11.3 Å². The first-order chi connectivity index (χ1) is 7.83. The second-order valence-electron chi connectivity index (χ2n) is 4.51. The topological polar surface area (TPSA) is 54.0 Å². The van der Waals surface area contributed by atoms with Gasteiger partial charge >= 0.3 is 0 Å². The largest absolute Gasteiger partial charge is 0.349 e. The van der Waals surface area contributed by atoms with Gasteiger partial charge in [-0.25, -0.2) is 4.98 Å². The maximum absolute atomic E-state index is 11.6. The predicted octanol–water partition coefficient (Wildman–Crippen LogP) is 0.856. The van der Waals surface area contributed by atoms with Gasteiger partial charge in [0.1, 0.15) is 5.01 Å². The van der Waals surface area contributed by atoms with E-state index < -0.39 is 0 Å². The SMILES string of the molecule is O=C(NCc1nc(C2CC2)cs1)C1CNC1. The third-order valence-corrected chi connectivity index (χ3v) is 4.00. The first kappa shape index (κ1) is 10.2. The van der Waals surface area contributed by atoms with Crippen LogP contribution in [0.2, 0.25) is 0 Å². The molecule has 1 aliphatic heterocycles. The van der Waals surface area contributed by atoms with Crippen molar-refractivity contribution in [3.05, 3.63) is 16.1 Å². The summed E-state index contributed by atoms with van der Waals surface area (Å²) in [6.45, 7) is 2.22. The van der Waals surface area contributed by atoms with Crippen LogP contribution in [0.4, 0.5) is 0 Å². The molecular formula is C11H15N3OS. The normalized spacial score (nSPS) is 20.5. The molecule has 1 saturated carbocycles. The summed E-state index contributed by atoms with van der Waals surface area (Å²) >= 11 is 1.66. The number of nitrogens with zero attached hydrogens (tertiary/aromatic N) is 1. The van der Waals surface area contributed by atoms with Crippen LogP contribution < -0.4 is 10.6 Å². The van der Waals surface area contributed by atoms with E-state index in [9.17, 15) is 4.79 Å². The molecule has 0 spiro atoms. The van der Waals surface area contributed by atoms with E-state index in [0.29, 0.717) is 12.5 Å². The fourth-order valence-corrected chi connectivity index (χ4v) is 2.57. The number of nitrogens with one attached hydrogen (secondary N) is 2. The molecule has 2 aliphatic rings. The predicted molar refractivity (Wildman–Crippen MR) is 62.3 cm³/mol. The number of hydrogen-bond donors (Lipinski definition) is 2. The quantitative estimate of drug-likeness (QED) is 0.816. The van der Waals surface area contributed by atoms with Crippen molar-refractivity contribution in [1.82, 2.24) is 15.6 Å². The first-order valence-corrected chi connectivity index (χ1v) is 6.63. The van der Waals surface area contributed by atoms with Crippen LogP contribution in [0, 0.1) is 5.92 Å². The van der Waals surface area contributed by atoms with Crippen LogP contribution in [0.3, 0.4) is 0 Å². The van der Waals surface area contributed by atoms with E-state index in [0.717, 1.165) is 18.1 Å². The minimum Gasteiger partial charge on any atom is -0.349 e. The van der Waals surface area contributed by atoms with E-state index in [4.69, 9.17) is 0 Å².